The van der Waals surface area contributed by atoms with E-state index in [1.165, 1.54) is 12.1 Å². The van der Waals surface area contributed by atoms with Gasteiger partial charge in [-0.15, -0.1) is 0 Å². The molecule has 1 aromatic carbocycles. The number of nitrogens with one attached hydrogen (secondary N) is 1. The van der Waals surface area contributed by atoms with Crippen molar-refractivity contribution in [3.63, 3.8) is 0 Å². The number of halogens is 1. The molecule has 2 rings (SSSR count). The summed E-state index contributed by atoms with van der Waals surface area (Å²) in [5.41, 5.74) is 0.311. The van der Waals surface area contributed by atoms with Crippen molar-refractivity contribution in [1.29, 1.82) is 0 Å². The number of benzene rings is 1. The van der Waals surface area contributed by atoms with Crippen LogP contribution in [0.3, 0.4) is 0 Å². The van der Waals surface area contributed by atoms with Crippen LogP contribution in [-0.4, -0.2) is 45.5 Å². The van der Waals surface area contributed by atoms with Crippen LogP contribution in [0, 0.1) is 0 Å². The van der Waals surface area contributed by atoms with Gasteiger partial charge in [0.1, 0.15) is 5.69 Å². The number of ether oxygens (including phenoxy) is 1. The molecule has 0 spiro atoms. The predicted molar refractivity (Wildman–Crippen MR) is 102 cm³/mol. The SMILES string of the molecule is CN(C)CCCCOc1ncc(Br)cc1NS(=O)(=O)c1ccccc1. The van der Waals surface area contributed by atoms with Crippen LogP contribution in [0.25, 0.3) is 0 Å². The largest absolute Gasteiger partial charge is 0.476 e. The van der Waals surface area contributed by atoms with E-state index in [0.29, 0.717) is 16.8 Å². The van der Waals surface area contributed by atoms with Gasteiger partial charge < -0.3 is 9.64 Å². The zero-order chi connectivity index (χ0) is 18.3. The van der Waals surface area contributed by atoms with Gasteiger partial charge in [0.25, 0.3) is 10.0 Å². The second kappa shape index (κ2) is 9.17. The standard InChI is InChI=1S/C17H22BrN3O3S/c1-21(2)10-6-7-11-24-17-16(12-14(18)13-19-17)20-25(22,23)15-8-4-3-5-9-15/h3-5,8-9,12-13,20H,6-7,10-11H2,1-2H3. The van der Waals surface area contributed by atoms with Crippen molar-refractivity contribution < 1.29 is 13.2 Å². The first-order chi connectivity index (χ1) is 11.9. The Kier molecular flexibility index (Phi) is 7.22. The summed E-state index contributed by atoms with van der Waals surface area (Å²) >= 11 is 3.31. The summed E-state index contributed by atoms with van der Waals surface area (Å²) < 4.78 is 33.9. The minimum Gasteiger partial charge on any atom is -0.476 e. The average Bonchev–Trinajstić information content (AvgIpc) is 2.56. The highest BCUT2D eigenvalue weighted by Crippen LogP contribution is 2.28. The van der Waals surface area contributed by atoms with Gasteiger partial charge in [0.15, 0.2) is 0 Å². The van der Waals surface area contributed by atoms with E-state index in [2.05, 4.69) is 30.5 Å². The maximum atomic E-state index is 12.5. The summed E-state index contributed by atoms with van der Waals surface area (Å²) in [6.45, 7) is 1.45. The van der Waals surface area contributed by atoms with Crippen molar-refractivity contribution in [2.24, 2.45) is 0 Å². The number of hydrogen-bond donors (Lipinski definition) is 1. The van der Waals surface area contributed by atoms with Gasteiger partial charge in [0, 0.05) is 10.7 Å². The Morgan fingerprint density at radius 2 is 1.92 bits per heavy atom. The van der Waals surface area contributed by atoms with E-state index in [1.54, 1.807) is 30.5 Å². The van der Waals surface area contributed by atoms with Crippen molar-refractivity contribution in [3.8, 4) is 5.88 Å². The molecule has 0 fully saturated rings. The van der Waals surface area contributed by atoms with Crippen molar-refractivity contribution in [2.75, 3.05) is 32.0 Å². The van der Waals surface area contributed by atoms with Crippen molar-refractivity contribution in [1.82, 2.24) is 9.88 Å². The summed E-state index contributed by atoms with van der Waals surface area (Å²) in [6, 6.07) is 9.83. The van der Waals surface area contributed by atoms with E-state index in [0.717, 1.165) is 19.4 Å². The molecule has 1 aromatic heterocycles. The second-order valence-electron chi connectivity index (χ2n) is 5.78. The molecule has 25 heavy (non-hydrogen) atoms. The molecule has 136 valence electrons. The maximum Gasteiger partial charge on any atom is 0.262 e. The Bertz CT molecular complexity index is 783. The normalized spacial score (nSPS) is 11.5. The predicted octanol–water partition coefficient (Wildman–Crippen LogP) is 3.37. The lowest BCUT2D eigenvalue weighted by Crippen LogP contribution is -2.15. The summed E-state index contributed by atoms with van der Waals surface area (Å²) in [6.07, 6.45) is 3.44. The zero-order valence-electron chi connectivity index (χ0n) is 14.3. The number of unbranched alkanes of at least 4 members (excludes halogenated alkanes) is 1. The number of nitrogens with zero attached hydrogens (tertiary/aromatic N) is 2. The van der Waals surface area contributed by atoms with Gasteiger partial charge in [-0.3, -0.25) is 4.72 Å². The molecule has 0 aliphatic heterocycles. The van der Waals surface area contributed by atoms with Gasteiger partial charge in [0.05, 0.1) is 11.5 Å². The number of aromatic nitrogens is 1. The van der Waals surface area contributed by atoms with Crippen molar-refractivity contribution >= 4 is 31.6 Å². The molecule has 6 nitrogen and oxygen atoms in total. The fourth-order valence-electron chi connectivity index (χ4n) is 2.12. The second-order valence-corrected chi connectivity index (χ2v) is 8.38. The Labute approximate surface area is 157 Å². The highest BCUT2D eigenvalue weighted by atomic mass is 79.9. The number of pyridine rings is 1. The van der Waals surface area contributed by atoms with Crippen molar-refractivity contribution in [3.05, 3.63) is 47.1 Å². The minimum atomic E-state index is -3.70. The van der Waals surface area contributed by atoms with E-state index < -0.39 is 10.0 Å². The third-order valence-corrected chi connectivity index (χ3v) is 5.17. The molecule has 0 aliphatic rings. The average molecular weight is 428 g/mol. The first kappa shape index (κ1) is 19.7. The summed E-state index contributed by atoms with van der Waals surface area (Å²) in [5.74, 6) is 0.271. The lowest BCUT2D eigenvalue weighted by Gasteiger charge is -2.14. The smallest absolute Gasteiger partial charge is 0.262 e. The zero-order valence-corrected chi connectivity index (χ0v) is 16.7. The molecule has 0 aliphatic carbocycles. The van der Waals surface area contributed by atoms with Crippen LogP contribution in [0.5, 0.6) is 5.88 Å². The molecule has 0 saturated heterocycles. The van der Waals surface area contributed by atoms with E-state index >= 15 is 0 Å². The first-order valence-corrected chi connectivity index (χ1v) is 10.2. The van der Waals surface area contributed by atoms with E-state index in [9.17, 15) is 8.42 Å². The van der Waals surface area contributed by atoms with Crippen LogP contribution < -0.4 is 9.46 Å². The van der Waals surface area contributed by atoms with Gasteiger partial charge in [-0.25, -0.2) is 13.4 Å². The van der Waals surface area contributed by atoms with Crippen LogP contribution in [-0.2, 0) is 10.0 Å². The Morgan fingerprint density at radius 1 is 1.20 bits per heavy atom. The molecule has 0 bridgehead atoms. The molecular weight excluding hydrogens is 406 g/mol. The highest BCUT2D eigenvalue weighted by Gasteiger charge is 2.17. The molecule has 1 N–H and O–H groups in total. The van der Waals surface area contributed by atoms with E-state index in [1.807, 2.05) is 14.1 Å². The van der Waals surface area contributed by atoms with Crippen LogP contribution >= 0.6 is 15.9 Å². The monoisotopic (exact) mass is 427 g/mol. The molecule has 8 heteroatoms. The van der Waals surface area contributed by atoms with Crippen LogP contribution in [0.4, 0.5) is 5.69 Å². The quantitative estimate of drug-likeness (QED) is 0.621. The highest BCUT2D eigenvalue weighted by molar-refractivity contribution is 9.10. The molecule has 2 aromatic rings. The van der Waals surface area contributed by atoms with E-state index in [-0.39, 0.29) is 10.8 Å². The fourth-order valence-corrected chi connectivity index (χ4v) is 3.52. The fraction of sp³-hybridized carbons (Fsp3) is 0.353. The van der Waals surface area contributed by atoms with Crippen LogP contribution in [0.15, 0.2) is 52.0 Å². The number of rotatable bonds is 9. The Balaban J connectivity index is 2.08. The molecule has 0 atom stereocenters. The Hall–Kier alpha value is -1.64. The van der Waals surface area contributed by atoms with E-state index in [4.69, 9.17) is 4.74 Å². The first-order valence-electron chi connectivity index (χ1n) is 7.89. The summed E-state index contributed by atoms with van der Waals surface area (Å²) in [7, 11) is 0.346. The number of sulfonamides is 1. The molecular formula is C17H22BrN3O3S. The third kappa shape index (κ3) is 6.30. The number of anilines is 1. The van der Waals surface area contributed by atoms with Gasteiger partial charge >= 0.3 is 0 Å². The van der Waals surface area contributed by atoms with Gasteiger partial charge in [0.2, 0.25) is 5.88 Å². The molecule has 1 heterocycles. The minimum absolute atomic E-state index is 0.187. The van der Waals surface area contributed by atoms with Crippen LogP contribution in [0.2, 0.25) is 0 Å². The maximum absolute atomic E-state index is 12.5. The molecule has 0 saturated carbocycles. The van der Waals surface area contributed by atoms with Crippen LogP contribution in [0.1, 0.15) is 12.8 Å². The Morgan fingerprint density at radius 3 is 2.60 bits per heavy atom. The lowest BCUT2D eigenvalue weighted by molar-refractivity contribution is 0.285. The van der Waals surface area contributed by atoms with Gasteiger partial charge in [-0.05, 0) is 67.6 Å². The summed E-state index contributed by atoms with van der Waals surface area (Å²) in [4.78, 5) is 6.48. The third-order valence-electron chi connectivity index (χ3n) is 3.35. The van der Waals surface area contributed by atoms with Crippen molar-refractivity contribution in [2.45, 2.75) is 17.7 Å². The topological polar surface area (TPSA) is 71.5 Å². The lowest BCUT2D eigenvalue weighted by atomic mass is 10.3. The van der Waals surface area contributed by atoms with Gasteiger partial charge in [-0.2, -0.15) is 0 Å². The molecule has 0 radical (unpaired) electrons. The molecule has 0 unspecified atom stereocenters. The number of hydrogen-bond acceptors (Lipinski definition) is 5. The molecule has 0 amide bonds. The van der Waals surface area contributed by atoms with Gasteiger partial charge in [-0.1, -0.05) is 18.2 Å². The summed E-state index contributed by atoms with van der Waals surface area (Å²) in [5, 5.41) is 0.